The highest BCUT2D eigenvalue weighted by Gasteiger charge is 2.28. The van der Waals surface area contributed by atoms with Crippen LogP contribution in [-0.2, 0) is 15.2 Å². The second kappa shape index (κ2) is 6.57. The van der Waals surface area contributed by atoms with Gasteiger partial charge in [-0.15, -0.1) is 0 Å². The first-order valence-electron chi connectivity index (χ1n) is 6.60. The van der Waals surface area contributed by atoms with Crippen LogP contribution in [0.15, 0.2) is 41.0 Å². The Kier molecular flexibility index (Phi) is 4.75. The third kappa shape index (κ3) is 4.13. The fraction of sp³-hybridized carbons (Fsp3) is 0.200. The van der Waals surface area contributed by atoms with Crippen molar-refractivity contribution in [2.24, 2.45) is 0 Å². The van der Waals surface area contributed by atoms with Crippen LogP contribution in [0.3, 0.4) is 0 Å². The summed E-state index contributed by atoms with van der Waals surface area (Å²) in [5.41, 5.74) is -1.98. The lowest BCUT2D eigenvalue weighted by Crippen LogP contribution is -2.43. The fourth-order valence-electron chi connectivity index (χ4n) is 1.78. The van der Waals surface area contributed by atoms with E-state index in [1.165, 1.54) is 19.3 Å². The molecule has 23 heavy (non-hydrogen) atoms. The standard InChI is InChI=1S/C15H14F2N2O4/c1-15(22,12-3-2-6-23-12)8-18-13(20)14(21)19-11-7-9(16)4-5-10(11)17/h2-7,22H,8H2,1H3,(H,18,20)(H,19,21). The largest absolute Gasteiger partial charge is 0.466 e. The van der Waals surface area contributed by atoms with Crippen LogP contribution in [0.1, 0.15) is 12.7 Å². The molecule has 0 bridgehead atoms. The lowest BCUT2D eigenvalue weighted by molar-refractivity contribution is -0.136. The summed E-state index contributed by atoms with van der Waals surface area (Å²) in [6.07, 6.45) is 1.35. The summed E-state index contributed by atoms with van der Waals surface area (Å²) < 4.78 is 31.4. The zero-order chi connectivity index (χ0) is 17.0. The monoisotopic (exact) mass is 324 g/mol. The zero-order valence-electron chi connectivity index (χ0n) is 12.1. The van der Waals surface area contributed by atoms with Crippen LogP contribution in [0.5, 0.6) is 0 Å². The lowest BCUT2D eigenvalue weighted by atomic mass is 10.0. The highest BCUT2D eigenvalue weighted by atomic mass is 19.1. The number of halogens is 2. The van der Waals surface area contributed by atoms with E-state index in [1.54, 1.807) is 6.07 Å². The fourth-order valence-corrected chi connectivity index (χ4v) is 1.78. The Morgan fingerprint density at radius 2 is 2.00 bits per heavy atom. The van der Waals surface area contributed by atoms with Crippen molar-refractivity contribution in [1.29, 1.82) is 0 Å². The molecule has 3 N–H and O–H groups in total. The second-order valence-corrected chi connectivity index (χ2v) is 5.01. The summed E-state index contributed by atoms with van der Waals surface area (Å²) in [5.74, 6) is -3.74. The van der Waals surface area contributed by atoms with Crippen molar-refractivity contribution < 1.29 is 27.9 Å². The molecule has 122 valence electrons. The van der Waals surface area contributed by atoms with Gasteiger partial charge in [0.05, 0.1) is 18.5 Å². The van der Waals surface area contributed by atoms with E-state index in [2.05, 4.69) is 5.32 Å². The van der Waals surface area contributed by atoms with Crippen LogP contribution in [0, 0.1) is 11.6 Å². The molecular weight excluding hydrogens is 310 g/mol. The van der Waals surface area contributed by atoms with Gasteiger partial charge in [0.25, 0.3) is 0 Å². The lowest BCUT2D eigenvalue weighted by Gasteiger charge is -2.20. The van der Waals surface area contributed by atoms with E-state index >= 15 is 0 Å². The van der Waals surface area contributed by atoms with Crippen LogP contribution in [0.25, 0.3) is 0 Å². The molecular formula is C15H14F2N2O4. The summed E-state index contributed by atoms with van der Waals surface area (Å²) in [6, 6.07) is 5.52. The summed E-state index contributed by atoms with van der Waals surface area (Å²) in [5, 5.41) is 14.3. The van der Waals surface area contributed by atoms with Crippen LogP contribution in [0.4, 0.5) is 14.5 Å². The van der Waals surface area contributed by atoms with Gasteiger partial charge in [0.15, 0.2) is 0 Å². The quantitative estimate of drug-likeness (QED) is 0.744. The maximum atomic E-state index is 13.4. The molecule has 1 unspecified atom stereocenters. The molecule has 0 saturated carbocycles. The van der Waals surface area contributed by atoms with E-state index in [9.17, 15) is 23.5 Å². The average molecular weight is 324 g/mol. The van der Waals surface area contributed by atoms with E-state index in [4.69, 9.17) is 4.42 Å². The predicted octanol–water partition coefficient (Wildman–Crippen LogP) is 1.52. The smallest absolute Gasteiger partial charge is 0.313 e. The van der Waals surface area contributed by atoms with Crippen molar-refractivity contribution in [3.63, 3.8) is 0 Å². The second-order valence-electron chi connectivity index (χ2n) is 5.01. The van der Waals surface area contributed by atoms with Crippen LogP contribution < -0.4 is 10.6 Å². The number of carbonyl (C=O) groups is 2. The van der Waals surface area contributed by atoms with Crippen molar-refractivity contribution in [3.8, 4) is 0 Å². The van der Waals surface area contributed by atoms with Crippen LogP contribution in [0.2, 0.25) is 0 Å². The van der Waals surface area contributed by atoms with Crippen molar-refractivity contribution >= 4 is 17.5 Å². The molecule has 1 aromatic carbocycles. The first-order valence-corrected chi connectivity index (χ1v) is 6.60. The Balaban J connectivity index is 1.95. The highest BCUT2D eigenvalue weighted by Crippen LogP contribution is 2.19. The molecule has 0 spiro atoms. The van der Waals surface area contributed by atoms with Gasteiger partial charge in [-0.25, -0.2) is 8.78 Å². The molecule has 6 nitrogen and oxygen atoms in total. The minimum atomic E-state index is -1.52. The molecule has 1 aromatic heterocycles. The minimum Gasteiger partial charge on any atom is -0.466 e. The van der Waals surface area contributed by atoms with E-state index < -0.39 is 34.7 Å². The number of rotatable bonds is 4. The zero-order valence-corrected chi connectivity index (χ0v) is 12.1. The number of amides is 2. The van der Waals surface area contributed by atoms with Gasteiger partial charge >= 0.3 is 11.8 Å². The number of hydrogen-bond acceptors (Lipinski definition) is 4. The number of nitrogens with one attached hydrogen (secondary N) is 2. The van der Waals surface area contributed by atoms with Gasteiger partial charge in [0, 0.05) is 6.07 Å². The molecule has 0 aliphatic rings. The molecule has 0 fully saturated rings. The predicted molar refractivity (Wildman–Crippen MR) is 76.3 cm³/mol. The highest BCUT2D eigenvalue weighted by molar-refractivity contribution is 6.39. The Bertz CT molecular complexity index is 714. The number of aliphatic hydroxyl groups is 1. The first-order chi connectivity index (χ1) is 10.8. The van der Waals surface area contributed by atoms with Gasteiger partial charge in [0.2, 0.25) is 0 Å². The third-order valence-corrected chi connectivity index (χ3v) is 3.03. The Hall–Kier alpha value is -2.74. The number of benzene rings is 1. The van der Waals surface area contributed by atoms with Crippen molar-refractivity contribution in [1.82, 2.24) is 5.32 Å². The normalized spacial score (nSPS) is 13.2. The number of hydrogen-bond donors (Lipinski definition) is 3. The molecule has 0 radical (unpaired) electrons. The molecule has 0 saturated heterocycles. The number of carbonyl (C=O) groups excluding carboxylic acids is 2. The first kappa shape index (κ1) is 16.6. The molecule has 2 amide bonds. The molecule has 2 rings (SSSR count). The number of furan rings is 1. The number of anilines is 1. The van der Waals surface area contributed by atoms with Gasteiger partial charge in [-0.05, 0) is 31.2 Å². The van der Waals surface area contributed by atoms with Crippen molar-refractivity contribution in [2.75, 3.05) is 11.9 Å². The van der Waals surface area contributed by atoms with Crippen LogP contribution in [-0.4, -0.2) is 23.5 Å². The molecule has 0 aliphatic heterocycles. The maximum absolute atomic E-state index is 13.4. The van der Waals surface area contributed by atoms with Gasteiger partial charge < -0.3 is 20.2 Å². The maximum Gasteiger partial charge on any atom is 0.313 e. The van der Waals surface area contributed by atoms with E-state index in [-0.39, 0.29) is 12.3 Å². The molecule has 1 heterocycles. The van der Waals surface area contributed by atoms with Gasteiger partial charge in [-0.1, -0.05) is 0 Å². The minimum absolute atomic E-state index is 0.203. The summed E-state index contributed by atoms with van der Waals surface area (Å²) >= 11 is 0. The average Bonchev–Trinajstić information content (AvgIpc) is 3.03. The molecule has 0 aliphatic carbocycles. The summed E-state index contributed by atoms with van der Waals surface area (Å²) in [7, 11) is 0. The SMILES string of the molecule is CC(O)(CNC(=O)C(=O)Nc1cc(F)ccc1F)c1ccco1. The topological polar surface area (TPSA) is 91.6 Å². The van der Waals surface area contributed by atoms with E-state index in [0.29, 0.717) is 0 Å². The summed E-state index contributed by atoms with van der Waals surface area (Å²) in [4.78, 5) is 23.3. The molecule has 2 aromatic rings. The molecule has 1 atom stereocenters. The van der Waals surface area contributed by atoms with Gasteiger partial charge in [-0.3, -0.25) is 9.59 Å². The van der Waals surface area contributed by atoms with Crippen molar-refractivity contribution in [2.45, 2.75) is 12.5 Å². The van der Waals surface area contributed by atoms with Gasteiger partial charge in [-0.2, -0.15) is 0 Å². The third-order valence-electron chi connectivity index (χ3n) is 3.03. The van der Waals surface area contributed by atoms with Gasteiger partial charge in [0.1, 0.15) is 23.0 Å². The Labute approximate surface area is 130 Å². The van der Waals surface area contributed by atoms with E-state index in [0.717, 1.165) is 18.2 Å². The van der Waals surface area contributed by atoms with Crippen molar-refractivity contribution in [3.05, 3.63) is 54.0 Å². The summed E-state index contributed by atoms with van der Waals surface area (Å²) in [6.45, 7) is 1.08. The Morgan fingerprint density at radius 3 is 2.65 bits per heavy atom. The van der Waals surface area contributed by atoms with E-state index in [1.807, 2.05) is 5.32 Å². The van der Waals surface area contributed by atoms with Crippen LogP contribution >= 0.6 is 0 Å². The Morgan fingerprint density at radius 1 is 1.26 bits per heavy atom. The molecule has 8 heteroatoms.